The summed E-state index contributed by atoms with van der Waals surface area (Å²) in [6.45, 7) is 1.21. The Hall–Kier alpha value is -1.15. The molecule has 0 spiro atoms. The van der Waals surface area contributed by atoms with Crippen LogP contribution in [0.3, 0.4) is 0 Å². The average Bonchev–Trinajstić information content (AvgIpc) is 2.46. The van der Waals surface area contributed by atoms with Crippen molar-refractivity contribution in [1.29, 1.82) is 0 Å². The van der Waals surface area contributed by atoms with Gasteiger partial charge in [-0.15, -0.1) is 24.2 Å². The zero-order valence-corrected chi connectivity index (χ0v) is 13.5. The van der Waals surface area contributed by atoms with Gasteiger partial charge in [0.15, 0.2) is 11.5 Å². The highest BCUT2D eigenvalue weighted by Gasteiger charge is 2.19. The fourth-order valence-corrected chi connectivity index (χ4v) is 2.37. The lowest BCUT2D eigenvalue weighted by Crippen LogP contribution is -2.39. The van der Waals surface area contributed by atoms with E-state index in [0.717, 1.165) is 4.90 Å². The quantitative estimate of drug-likeness (QED) is 0.794. The van der Waals surface area contributed by atoms with Crippen LogP contribution in [0.4, 0.5) is 5.69 Å². The molecule has 0 bridgehead atoms. The normalized spacial score (nSPS) is 14.0. The van der Waals surface area contributed by atoms with E-state index in [4.69, 9.17) is 19.9 Å². The van der Waals surface area contributed by atoms with Gasteiger partial charge in [-0.1, -0.05) is 0 Å². The summed E-state index contributed by atoms with van der Waals surface area (Å²) in [6, 6.07) is 2.91. The lowest BCUT2D eigenvalue weighted by atomic mass is 10.2. The first kappa shape index (κ1) is 17.9. The molecule has 1 atom stereocenters. The fraction of sp³-hybridized carbons (Fsp3) is 0.462. The number of benzene rings is 1. The van der Waals surface area contributed by atoms with E-state index in [9.17, 15) is 4.79 Å². The number of carbonyl (C=O) groups excluding carboxylic acids is 1. The number of nitrogens with one attached hydrogen (secondary N) is 1. The summed E-state index contributed by atoms with van der Waals surface area (Å²) in [5.74, 6) is 1.03. The van der Waals surface area contributed by atoms with E-state index in [2.05, 4.69) is 5.32 Å². The first-order valence-electron chi connectivity index (χ1n) is 6.18. The summed E-state index contributed by atoms with van der Waals surface area (Å²) in [5.41, 5.74) is 6.37. The maximum Gasteiger partial charge on any atom is 0.243 e. The molecule has 1 aromatic rings. The number of anilines is 1. The maximum absolute atomic E-state index is 11.9. The van der Waals surface area contributed by atoms with Crippen molar-refractivity contribution in [3.63, 3.8) is 0 Å². The first-order chi connectivity index (χ1) is 9.65. The van der Waals surface area contributed by atoms with Crippen LogP contribution in [0.2, 0.25) is 0 Å². The molecule has 0 saturated heterocycles. The topological polar surface area (TPSA) is 82.8 Å². The van der Waals surface area contributed by atoms with Crippen LogP contribution < -0.4 is 20.5 Å². The van der Waals surface area contributed by atoms with Crippen molar-refractivity contribution in [2.45, 2.75) is 10.9 Å². The molecular weight excluding hydrogens is 316 g/mol. The van der Waals surface area contributed by atoms with E-state index < -0.39 is 6.04 Å². The Bertz CT molecular complexity index is 501. The minimum absolute atomic E-state index is 0. The van der Waals surface area contributed by atoms with Crippen molar-refractivity contribution in [2.75, 3.05) is 38.5 Å². The second-order valence-corrected chi connectivity index (χ2v) is 5.10. The van der Waals surface area contributed by atoms with Gasteiger partial charge in [0.05, 0.1) is 12.3 Å². The van der Waals surface area contributed by atoms with Crippen molar-refractivity contribution in [3.05, 3.63) is 12.1 Å². The Labute approximate surface area is 134 Å². The SMILES string of the molecule is COCC(N)C(=O)Nc1cc2c(cc1SC)OCCO2.Cl. The van der Waals surface area contributed by atoms with Crippen molar-refractivity contribution in [2.24, 2.45) is 5.73 Å². The molecule has 0 aromatic heterocycles. The van der Waals surface area contributed by atoms with Crippen LogP contribution in [0.1, 0.15) is 0 Å². The molecule has 0 radical (unpaired) electrons. The van der Waals surface area contributed by atoms with Gasteiger partial charge in [-0.3, -0.25) is 4.79 Å². The van der Waals surface area contributed by atoms with Gasteiger partial charge in [0.1, 0.15) is 19.3 Å². The van der Waals surface area contributed by atoms with E-state index in [1.54, 1.807) is 6.07 Å². The van der Waals surface area contributed by atoms with Gasteiger partial charge in [-0.05, 0) is 12.3 Å². The van der Waals surface area contributed by atoms with Crippen LogP contribution in [0.5, 0.6) is 11.5 Å². The van der Waals surface area contributed by atoms with E-state index >= 15 is 0 Å². The van der Waals surface area contributed by atoms with Crippen molar-refractivity contribution < 1.29 is 19.0 Å². The van der Waals surface area contributed by atoms with Gasteiger partial charge in [-0.2, -0.15) is 0 Å². The van der Waals surface area contributed by atoms with Gasteiger partial charge in [0.2, 0.25) is 5.91 Å². The molecule has 1 unspecified atom stereocenters. The number of thioether (sulfide) groups is 1. The standard InChI is InChI=1S/C13H18N2O4S.ClH/c1-17-7-8(14)13(16)15-9-5-10-11(6-12(9)20-2)19-4-3-18-10;/h5-6,8H,3-4,7,14H2,1-2H3,(H,15,16);1H. The highest BCUT2D eigenvalue weighted by Crippen LogP contribution is 2.39. The second kappa shape index (κ2) is 8.33. The number of carbonyl (C=O) groups is 1. The summed E-state index contributed by atoms with van der Waals surface area (Å²) in [5, 5.41) is 2.80. The highest BCUT2D eigenvalue weighted by atomic mass is 35.5. The monoisotopic (exact) mass is 334 g/mol. The Kier molecular flexibility index (Phi) is 7.10. The molecule has 1 aliphatic heterocycles. The maximum atomic E-state index is 11.9. The average molecular weight is 335 g/mol. The van der Waals surface area contributed by atoms with E-state index in [1.165, 1.54) is 18.9 Å². The number of fused-ring (bicyclic) bond motifs is 1. The van der Waals surface area contributed by atoms with Crippen molar-refractivity contribution in [1.82, 2.24) is 0 Å². The van der Waals surface area contributed by atoms with Crippen LogP contribution in [0.15, 0.2) is 17.0 Å². The highest BCUT2D eigenvalue weighted by molar-refractivity contribution is 7.98. The largest absolute Gasteiger partial charge is 0.486 e. The molecule has 1 amide bonds. The van der Waals surface area contributed by atoms with Crippen LogP contribution in [0, 0.1) is 0 Å². The number of ether oxygens (including phenoxy) is 3. The predicted octanol–water partition coefficient (Wildman–Crippen LogP) is 1.51. The Morgan fingerprint density at radius 3 is 2.62 bits per heavy atom. The van der Waals surface area contributed by atoms with Gasteiger partial charge >= 0.3 is 0 Å². The van der Waals surface area contributed by atoms with Crippen LogP contribution >= 0.6 is 24.2 Å². The van der Waals surface area contributed by atoms with Crippen LogP contribution in [0.25, 0.3) is 0 Å². The summed E-state index contributed by atoms with van der Waals surface area (Å²) < 4.78 is 15.9. The number of rotatable bonds is 5. The van der Waals surface area contributed by atoms with Crippen LogP contribution in [-0.2, 0) is 9.53 Å². The van der Waals surface area contributed by atoms with Gasteiger partial charge in [0.25, 0.3) is 0 Å². The number of hydrogen-bond donors (Lipinski definition) is 2. The molecule has 1 heterocycles. The number of halogens is 1. The molecule has 21 heavy (non-hydrogen) atoms. The molecule has 6 nitrogen and oxygen atoms in total. The molecule has 1 aromatic carbocycles. The second-order valence-electron chi connectivity index (χ2n) is 4.25. The third-order valence-electron chi connectivity index (χ3n) is 2.81. The first-order valence-corrected chi connectivity index (χ1v) is 7.41. The van der Waals surface area contributed by atoms with Crippen LogP contribution in [-0.4, -0.2) is 45.1 Å². The summed E-state index contributed by atoms with van der Waals surface area (Å²) in [7, 11) is 1.50. The lowest BCUT2D eigenvalue weighted by molar-refractivity contribution is -0.118. The molecule has 2 rings (SSSR count). The minimum Gasteiger partial charge on any atom is -0.486 e. The number of nitrogens with two attached hydrogens (primary N) is 1. The zero-order chi connectivity index (χ0) is 14.5. The smallest absolute Gasteiger partial charge is 0.243 e. The van der Waals surface area contributed by atoms with E-state index in [-0.39, 0.29) is 24.9 Å². The number of amides is 1. The zero-order valence-electron chi connectivity index (χ0n) is 11.9. The molecule has 118 valence electrons. The molecule has 8 heteroatoms. The molecule has 1 aliphatic rings. The Morgan fingerprint density at radius 2 is 2.05 bits per heavy atom. The molecule has 0 saturated carbocycles. The van der Waals surface area contributed by atoms with Crippen molar-refractivity contribution in [3.8, 4) is 11.5 Å². The predicted molar refractivity (Wildman–Crippen MR) is 84.9 cm³/mol. The molecular formula is C13H19ClN2O4S. The van der Waals surface area contributed by atoms with Gasteiger partial charge in [0, 0.05) is 18.1 Å². The molecule has 0 fully saturated rings. The third-order valence-corrected chi connectivity index (χ3v) is 3.58. The fourth-order valence-electron chi connectivity index (χ4n) is 1.82. The Morgan fingerprint density at radius 1 is 1.43 bits per heavy atom. The lowest BCUT2D eigenvalue weighted by Gasteiger charge is -2.21. The summed E-state index contributed by atoms with van der Waals surface area (Å²) >= 11 is 1.51. The molecule has 0 aliphatic carbocycles. The minimum atomic E-state index is -0.706. The third kappa shape index (κ3) is 4.41. The van der Waals surface area contributed by atoms with E-state index in [0.29, 0.717) is 30.4 Å². The van der Waals surface area contributed by atoms with Crippen molar-refractivity contribution >= 4 is 35.8 Å². The number of hydrogen-bond acceptors (Lipinski definition) is 6. The summed E-state index contributed by atoms with van der Waals surface area (Å²) in [4.78, 5) is 12.8. The number of methoxy groups -OCH3 is 1. The van der Waals surface area contributed by atoms with Gasteiger partial charge in [-0.25, -0.2) is 0 Å². The van der Waals surface area contributed by atoms with Gasteiger partial charge < -0.3 is 25.3 Å². The molecule has 3 N–H and O–H groups in total. The van der Waals surface area contributed by atoms with E-state index in [1.807, 2.05) is 12.3 Å². The Balaban J connectivity index is 0.00000220. The summed E-state index contributed by atoms with van der Waals surface area (Å²) in [6.07, 6.45) is 1.93.